The Bertz CT molecular complexity index is 1120. The van der Waals surface area contributed by atoms with Crippen molar-refractivity contribution in [2.75, 3.05) is 14.2 Å². The molecule has 0 unspecified atom stereocenters. The first-order chi connectivity index (χ1) is 13.4. The molecule has 0 radical (unpaired) electrons. The van der Waals surface area contributed by atoms with Gasteiger partial charge in [-0.05, 0) is 54.5 Å². The van der Waals surface area contributed by atoms with Gasteiger partial charge in [-0.3, -0.25) is 4.31 Å². The number of allylic oxidation sites excluding steroid dienone is 2. The van der Waals surface area contributed by atoms with Crippen LogP contribution < -0.4 is 4.74 Å². The van der Waals surface area contributed by atoms with E-state index in [1.807, 2.05) is 48.4 Å². The van der Waals surface area contributed by atoms with E-state index in [1.54, 1.807) is 38.4 Å². The van der Waals surface area contributed by atoms with Gasteiger partial charge in [0.1, 0.15) is 10.6 Å². The molecule has 0 atom stereocenters. The van der Waals surface area contributed by atoms with Crippen LogP contribution in [0.4, 0.5) is 5.69 Å². The predicted molar refractivity (Wildman–Crippen MR) is 109 cm³/mol. The van der Waals surface area contributed by atoms with Crippen molar-refractivity contribution in [2.24, 2.45) is 4.99 Å². The third-order valence-electron chi connectivity index (χ3n) is 4.85. The first-order valence-electron chi connectivity index (χ1n) is 8.87. The van der Waals surface area contributed by atoms with Gasteiger partial charge in [-0.1, -0.05) is 18.2 Å². The Kier molecular flexibility index (Phi) is 4.47. The molecule has 2 aliphatic heterocycles. The topological polar surface area (TPSA) is 62.2 Å². The van der Waals surface area contributed by atoms with Crippen molar-refractivity contribution in [1.82, 2.24) is 9.21 Å². The van der Waals surface area contributed by atoms with Crippen molar-refractivity contribution in [3.63, 3.8) is 0 Å². The van der Waals surface area contributed by atoms with Crippen molar-refractivity contribution in [3.8, 4) is 5.75 Å². The molecule has 144 valence electrons. The number of ether oxygens (including phenoxy) is 1. The summed E-state index contributed by atoms with van der Waals surface area (Å²) >= 11 is 0. The summed E-state index contributed by atoms with van der Waals surface area (Å²) in [6.45, 7) is 2.49. The Hall–Kier alpha value is -3.06. The molecule has 2 heterocycles. The zero-order chi connectivity index (χ0) is 19.9. The Balaban J connectivity index is 1.79. The maximum atomic E-state index is 13.1. The number of hydrogen-bond acceptors (Lipinski definition) is 5. The standard InChI is InChI=1S/C21H21N3O3S/c1-15-6-11-20-18(13-15)22-21-19(23(2)28(20,25)26)5-4-12-24(21)14-16-7-9-17(27-3)10-8-16/h4-13H,14H2,1-3H3. The summed E-state index contributed by atoms with van der Waals surface area (Å²) in [5, 5.41) is 0. The molecule has 0 saturated heterocycles. The summed E-state index contributed by atoms with van der Waals surface area (Å²) in [6, 6.07) is 13.0. The number of fused-ring (bicyclic) bond motifs is 2. The van der Waals surface area contributed by atoms with E-state index >= 15 is 0 Å². The average molecular weight is 395 g/mol. The molecule has 2 aliphatic rings. The van der Waals surface area contributed by atoms with Gasteiger partial charge in [0.2, 0.25) is 0 Å². The van der Waals surface area contributed by atoms with Gasteiger partial charge < -0.3 is 9.64 Å². The maximum Gasteiger partial charge on any atom is 0.266 e. The lowest BCUT2D eigenvalue weighted by Crippen LogP contribution is -2.36. The van der Waals surface area contributed by atoms with Crippen LogP contribution in [-0.2, 0) is 16.6 Å². The number of aryl methyl sites for hydroxylation is 1. The van der Waals surface area contributed by atoms with Gasteiger partial charge in [0.05, 0.1) is 18.5 Å². The van der Waals surface area contributed by atoms with Gasteiger partial charge in [0.15, 0.2) is 5.84 Å². The lowest BCUT2D eigenvalue weighted by Gasteiger charge is -2.29. The summed E-state index contributed by atoms with van der Waals surface area (Å²) < 4.78 is 32.7. The summed E-state index contributed by atoms with van der Waals surface area (Å²) in [5.74, 6) is 1.40. The minimum atomic E-state index is -3.68. The van der Waals surface area contributed by atoms with Gasteiger partial charge in [-0.15, -0.1) is 0 Å². The largest absolute Gasteiger partial charge is 0.497 e. The molecule has 0 bridgehead atoms. The lowest BCUT2D eigenvalue weighted by molar-refractivity contribution is 0.414. The SMILES string of the molecule is COc1ccc(CN2C=CC=C3C2=Nc2cc(C)ccc2S(=O)(=O)N3C)cc1. The highest BCUT2D eigenvalue weighted by molar-refractivity contribution is 7.89. The molecule has 0 fully saturated rings. The Morgan fingerprint density at radius 1 is 1.11 bits per heavy atom. The van der Waals surface area contributed by atoms with Gasteiger partial charge >= 0.3 is 0 Å². The van der Waals surface area contributed by atoms with E-state index in [0.29, 0.717) is 23.8 Å². The molecule has 0 amide bonds. The minimum absolute atomic E-state index is 0.216. The zero-order valence-corrected chi connectivity index (χ0v) is 16.8. The first-order valence-corrected chi connectivity index (χ1v) is 10.3. The van der Waals surface area contributed by atoms with E-state index in [-0.39, 0.29) is 4.90 Å². The smallest absolute Gasteiger partial charge is 0.266 e. The van der Waals surface area contributed by atoms with Crippen LogP contribution in [0.25, 0.3) is 0 Å². The number of methoxy groups -OCH3 is 1. The number of likely N-dealkylation sites (N-methyl/N-ethyl adjacent to an activating group) is 1. The molecule has 0 saturated carbocycles. The second-order valence-corrected chi connectivity index (χ2v) is 8.69. The molecule has 0 N–H and O–H groups in total. The van der Waals surface area contributed by atoms with E-state index in [2.05, 4.69) is 0 Å². The van der Waals surface area contributed by atoms with Crippen molar-refractivity contribution < 1.29 is 13.2 Å². The highest BCUT2D eigenvalue weighted by atomic mass is 32.2. The number of amidine groups is 1. The lowest BCUT2D eigenvalue weighted by atomic mass is 10.1. The Morgan fingerprint density at radius 3 is 2.57 bits per heavy atom. The second kappa shape index (κ2) is 6.83. The third kappa shape index (κ3) is 3.07. The van der Waals surface area contributed by atoms with E-state index in [4.69, 9.17) is 9.73 Å². The summed E-state index contributed by atoms with van der Waals surface area (Å²) in [7, 11) is -0.476. The third-order valence-corrected chi connectivity index (χ3v) is 6.67. The second-order valence-electron chi connectivity index (χ2n) is 6.75. The fraction of sp³-hybridized carbons (Fsp3) is 0.190. The van der Waals surface area contributed by atoms with E-state index < -0.39 is 10.0 Å². The molecule has 4 rings (SSSR count). The molecular weight excluding hydrogens is 374 g/mol. The molecule has 0 aromatic heterocycles. The number of benzene rings is 2. The van der Waals surface area contributed by atoms with Crippen LogP contribution >= 0.6 is 0 Å². The fourth-order valence-electron chi connectivity index (χ4n) is 3.28. The fourth-order valence-corrected chi connectivity index (χ4v) is 4.58. The molecule has 0 spiro atoms. The van der Waals surface area contributed by atoms with Gasteiger partial charge in [-0.25, -0.2) is 13.4 Å². The van der Waals surface area contributed by atoms with Crippen molar-refractivity contribution >= 4 is 21.5 Å². The number of hydrogen-bond donors (Lipinski definition) is 0. The summed E-state index contributed by atoms with van der Waals surface area (Å²) in [5.41, 5.74) is 3.03. The zero-order valence-electron chi connectivity index (χ0n) is 16.0. The molecule has 6 nitrogen and oxygen atoms in total. The normalized spacial score (nSPS) is 17.2. The van der Waals surface area contributed by atoms with E-state index in [0.717, 1.165) is 16.9 Å². The highest BCUT2D eigenvalue weighted by Gasteiger charge is 2.34. The van der Waals surface area contributed by atoms with Crippen LogP contribution in [0.5, 0.6) is 5.75 Å². The number of sulfonamides is 1. The van der Waals surface area contributed by atoms with Gasteiger partial charge in [0.25, 0.3) is 10.0 Å². The van der Waals surface area contributed by atoms with E-state index in [9.17, 15) is 8.42 Å². The molecule has 2 aromatic carbocycles. The van der Waals surface area contributed by atoms with E-state index in [1.165, 1.54) is 4.31 Å². The molecule has 28 heavy (non-hydrogen) atoms. The molecule has 0 aliphatic carbocycles. The first kappa shape index (κ1) is 18.3. The van der Waals surface area contributed by atoms with Crippen molar-refractivity contribution in [3.05, 3.63) is 77.6 Å². The van der Waals surface area contributed by atoms with Gasteiger partial charge in [-0.2, -0.15) is 0 Å². The van der Waals surface area contributed by atoms with Crippen LogP contribution in [0.1, 0.15) is 11.1 Å². The van der Waals surface area contributed by atoms with Crippen LogP contribution in [0.3, 0.4) is 0 Å². The number of rotatable bonds is 3. The van der Waals surface area contributed by atoms with Gasteiger partial charge in [0, 0.05) is 19.8 Å². The summed E-state index contributed by atoms with van der Waals surface area (Å²) in [4.78, 5) is 6.93. The summed E-state index contributed by atoms with van der Waals surface area (Å²) in [6.07, 6.45) is 5.53. The van der Waals surface area contributed by atoms with Crippen LogP contribution in [0, 0.1) is 6.92 Å². The molecular formula is C21H21N3O3S. The van der Waals surface area contributed by atoms with Crippen LogP contribution in [0.2, 0.25) is 0 Å². The Morgan fingerprint density at radius 2 is 1.86 bits per heavy atom. The van der Waals surface area contributed by atoms with Crippen molar-refractivity contribution in [2.45, 2.75) is 18.4 Å². The number of aliphatic imine (C=N–C) groups is 1. The van der Waals surface area contributed by atoms with Crippen LogP contribution in [-0.4, -0.2) is 37.6 Å². The Labute approximate surface area is 165 Å². The number of nitrogens with zero attached hydrogens (tertiary/aromatic N) is 3. The average Bonchev–Trinajstić information content (AvgIpc) is 2.76. The highest BCUT2D eigenvalue weighted by Crippen LogP contribution is 2.35. The molecule has 7 heteroatoms. The minimum Gasteiger partial charge on any atom is -0.497 e. The van der Waals surface area contributed by atoms with Crippen LogP contribution in [0.15, 0.2) is 76.4 Å². The quantitative estimate of drug-likeness (QED) is 0.797. The van der Waals surface area contributed by atoms with Crippen molar-refractivity contribution in [1.29, 1.82) is 0 Å². The maximum absolute atomic E-state index is 13.1. The molecule has 2 aromatic rings. The predicted octanol–water partition coefficient (Wildman–Crippen LogP) is 3.58. The monoisotopic (exact) mass is 395 g/mol.